The Morgan fingerprint density at radius 1 is 1.55 bits per heavy atom. The molecule has 1 aromatic rings. The number of rotatable bonds is 5. The summed E-state index contributed by atoms with van der Waals surface area (Å²) in [6, 6.07) is 2.68. The maximum atomic E-state index is 12.0. The number of hydrogen-bond donors (Lipinski definition) is 1. The van der Waals surface area contributed by atoms with Crippen LogP contribution >= 0.6 is 23.1 Å². The van der Waals surface area contributed by atoms with Crippen molar-refractivity contribution in [3.8, 4) is 0 Å². The van der Waals surface area contributed by atoms with Crippen molar-refractivity contribution in [2.75, 3.05) is 12.8 Å². The lowest BCUT2D eigenvalue weighted by Crippen LogP contribution is -2.40. The summed E-state index contributed by atoms with van der Waals surface area (Å²) in [6.45, 7) is 6.52. The van der Waals surface area contributed by atoms with Crippen molar-refractivity contribution < 1.29 is 4.79 Å². The lowest BCUT2D eigenvalue weighted by Gasteiger charge is -2.28. The number of hydrogen-bond acceptors (Lipinski definition) is 5. The van der Waals surface area contributed by atoms with Crippen molar-refractivity contribution in [1.29, 1.82) is 0 Å². The Bertz CT molecular complexity index is 691. The van der Waals surface area contributed by atoms with E-state index in [4.69, 9.17) is 4.99 Å². The molecule has 6 heteroatoms. The van der Waals surface area contributed by atoms with Gasteiger partial charge in [-0.25, -0.2) is 4.99 Å². The molecule has 1 saturated carbocycles. The Morgan fingerprint density at radius 2 is 2.27 bits per heavy atom. The summed E-state index contributed by atoms with van der Waals surface area (Å²) in [7, 11) is 2.06. The average molecular weight is 338 g/mol. The van der Waals surface area contributed by atoms with Gasteiger partial charge in [-0.15, -0.1) is 11.3 Å². The van der Waals surface area contributed by atoms with E-state index >= 15 is 0 Å². The van der Waals surface area contributed by atoms with Gasteiger partial charge in [0, 0.05) is 23.2 Å². The molecule has 120 valence electrons. The number of nitrogens with zero attached hydrogens (tertiary/aromatic N) is 2. The predicted octanol–water partition coefficient (Wildman–Crippen LogP) is 1.86. The Hall–Kier alpha value is -1.01. The van der Waals surface area contributed by atoms with E-state index in [0.717, 1.165) is 17.5 Å². The zero-order valence-corrected chi connectivity index (χ0v) is 15.2. The normalized spacial score (nSPS) is 20.9. The standard InChI is InChI=1S/C16H23N3OS2/c1-9(2)13-7-12-15(22-13)17-10(3)19(4)16(12)21-8-14(20)18-11-5-6-11/h7,9-11H,5-6,8H2,1-4H3,(H,18,20)/t10-/m0/s1. The molecule has 22 heavy (non-hydrogen) atoms. The smallest absolute Gasteiger partial charge is 0.230 e. The third kappa shape index (κ3) is 3.33. The van der Waals surface area contributed by atoms with Gasteiger partial charge in [-0.05, 0) is 31.7 Å². The zero-order chi connectivity index (χ0) is 15.9. The Morgan fingerprint density at radius 3 is 2.91 bits per heavy atom. The number of thiophene rings is 1. The number of carbonyl (C=O) groups excluding carboxylic acids is 1. The van der Waals surface area contributed by atoms with Crippen molar-refractivity contribution in [2.24, 2.45) is 4.99 Å². The first-order chi connectivity index (χ1) is 10.5. The lowest BCUT2D eigenvalue weighted by atomic mass is 10.2. The highest BCUT2D eigenvalue weighted by Gasteiger charge is 2.25. The van der Waals surface area contributed by atoms with E-state index in [1.807, 2.05) is 0 Å². The van der Waals surface area contributed by atoms with Crippen LogP contribution < -0.4 is 15.2 Å². The van der Waals surface area contributed by atoms with Crippen LogP contribution in [0.4, 0.5) is 0 Å². The van der Waals surface area contributed by atoms with Gasteiger partial charge in [0.05, 0.1) is 10.8 Å². The van der Waals surface area contributed by atoms with Gasteiger partial charge in [-0.3, -0.25) is 4.79 Å². The van der Waals surface area contributed by atoms with Gasteiger partial charge >= 0.3 is 0 Å². The zero-order valence-electron chi connectivity index (χ0n) is 13.5. The van der Waals surface area contributed by atoms with Crippen molar-refractivity contribution >= 4 is 34.0 Å². The monoisotopic (exact) mass is 337 g/mol. The van der Waals surface area contributed by atoms with Gasteiger partial charge < -0.3 is 10.2 Å². The fraction of sp³-hybridized carbons (Fsp3) is 0.625. The minimum Gasteiger partial charge on any atom is -0.353 e. The Kier molecular flexibility index (Phi) is 4.50. The van der Waals surface area contributed by atoms with Crippen LogP contribution in [0.1, 0.15) is 44.4 Å². The van der Waals surface area contributed by atoms with Gasteiger partial charge in [-0.1, -0.05) is 25.6 Å². The van der Waals surface area contributed by atoms with Crippen molar-refractivity contribution in [1.82, 2.24) is 10.2 Å². The number of carbonyl (C=O) groups is 1. The van der Waals surface area contributed by atoms with E-state index in [1.54, 1.807) is 23.1 Å². The van der Waals surface area contributed by atoms with Gasteiger partial charge in [-0.2, -0.15) is 0 Å². The minimum absolute atomic E-state index is 0.125. The lowest BCUT2D eigenvalue weighted by molar-refractivity contribution is -0.118. The summed E-state index contributed by atoms with van der Waals surface area (Å²) in [5.41, 5.74) is 0. The second kappa shape index (κ2) is 6.24. The molecule has 2 aliphatic rings. The summed E-state index contributed by atoms with van der Waals surface area (Å²) >= 11 is 3.41. The van der Waals surface area contributed by atoms with Crippen LogP contribution in [0.2, 0.25) is 0 Å². The molecule has 1 aliphatic heterocycles. The maximum absolute atomic E-state index is 12.0. The molecule has 1 atom stereocenters. The van der Waals surface area contributed by atoms with E-state index < -0.39 is 0 Å². The second-order valence-electron chi connectivity index (χ2n) is 6.33. The molecule has 3 rings (SSSR count). The molecule has 1 fully saturated rings. The van der Waals surface area contributed by atoms with E-state index in [9.17, 15) is 4.79 Å². The summed E-state index contributed by atoms with van der Waals surface area (Å²) in [5, 5.41) is 5.42. The number of fused-ring (bicyclic) bond motifs is 1. The summed E-state index contributed by atoms with van der Waals surface area (Å²) in [4.78, 5) is 20.3. The molecule has 2 heterocycles. The van der Waals surface area contributed by atoms with Crippen LogP contribution in [0.25, 0.3) is 5.03 Å². The molecule has 0 radical (unpaired) electrons. The van der Waals surface area contributed by atoms with E-state index in [2.05, 4.69) is 44.1 Å². The van der Waals surface area contributed by atoms with Crippen LogP contribution in [0.5, 0.6) is 0 Å². The van der Waals surface area contributed by atoms with Crippen LogP contribution in [-0.4, -0.2) is 35.8 Å². The molecule has 0 spiro atoms. The molecule has 4 nitrogen and oxygen atoms in total. The maximum Gasteiger partial charge on any atom is 0.230 e. The fourth-order valence-corrected chi connectivity index (χ4v) is 4.55. The van der Waals surface area contributed by atoms with Crippen LogP contribution in [0.15, 0.2) is 11.1 Å². The Labute approximate surface area is 139 Å². The molecule has 0 saturated heterocycles. The first-order valence-electron chi connectivity index (χ1n) is 7.82. The van der Waals surface area contributed by atoms with E-state index in [-0.39, 0.29) is 12.1 Å². The molecule has 0 aromatic carbocycles. The topological polar surface area (TPSA) is 44.7 Å². The minimum atomic E-state index is 0.125. The molecule has 1 amide bonds. The van der Waals surface area contributed by atoms with Crippen LogP contribution in [-0.2, 0) is 4.79 Å². The van der Waals surface area contributed by atoms with E-state index in [0.29, 0.717) is 17.7 Å². The molecule has 0 unspecified atom stereocenters. The van der Waals surface area contributed by atoms with Crippen LogP contribution in [0.3, 0.4) is 0 Å². The molecule has 1 N–H and O–H groups in total. The van der Waals surface area contributed by atoms with Crippen molar-refractivity contribution in [3.63, 3.8) is 0 Å². The molecular formula is C16H23N3OS2. The Balaban J connectivity index is 1.86. The number of nitrogens with one attached hydrogen (secondary N) is 1. The van der Waals surface area contributed by atoms with Gasteiger partial charge in [0.1, 0.15) is 10.8 Å². The SMILES string of the molecule is CC(C)c1cc2c(s1)=N[C@H](C)N(C)C=2SCC(=O)NC1CC1. The van der Waals surface area contributed by atoms with Gasteiger partial charge in [0.15, 0.2) is 0 Å². The summed E-state index contributed by atoms with van der Waals surface area (Å²) < 4.78 is 1.11. The number of amides is 1. The first kappa shape index (κ1) is 15.9. The second-order valence-corrected chi connectivity index (χ2v) is 8.36. The molecular weight excluding hydrogens is 314 g/mol. The fourth-order valence-electron chi connectivity index (χ4n) is 2.36. The summed E-state index contributed by atoms with van der Waals surface area (Å²) in [6.07, 6.45) is 2.39. The summed E-state index contributed by atoms with van der Waals surface area (Å²) in [5.74, 6) is 1.13. The van der Waals surface area contributed by atoms with Crippen LogP contribution in [0, 0.1) is 0 Å². The third-order valence-electron chi connectivity index (χ3n) is 4.00. The van der Waals surface area contributed by atoms with Gasteiger partial charge in [0.2, 0.25) is 5.91 Å². The van der Waals surface area contributed by atoms with Crippen molar-refractivity contribution in [2.45, 2.75) is 51.7 Å². The van der Waals surface area contributed by atoms with E-state index in [1.165, 1.54) is 15.1 Å². The predicted molar refractivity (Wildman–Crippen MR) is 93.4 cm³/mol. The molecule has 1 aromatic heterocycles. The highest BCUT2D eigenvalue weighted by molar-refractivity contribution is 8.08. The number of thioether (sulfide) groups is 1. The molecule has 1 aliphatic carbocycles. The average Bonchev–Trinajstić information content (AvgIpc) is 3.16. The van der Waals surface area contributed by atoms with Gasteiger partial charge in [0.25, 0.3) is 0 Å². The highest BCUT2D eigenvalue weighted by atomic mass is 32.2. The first-order valence-corrected chi connectivity index (χ1v) is 9.62. The quantitative estimate of drug-likeness (QED) is 0.892. The largest absolute Gasteiger partial charge is 0.353 e. The highest BCUT2D eigenvalue weighted by Crippen LogP contribution is 2.25. The van der Waals surface area contributed by atoms with Crippen molar-refractivity contribution in [3.05, 3.63) is 20.8 Å². The molecule has 0 bridgehead atoms. The third-order valence-corrected chi connectivity index (χ3v) is 6.53.